The van der Waals surface area contributed by atoms with Crippen LogP contribution in [0.25, 0.3) is 0 Å². The van der Waals surface area contributed by atoms with Crippen LogP contribution in [0.15, 0.2) is 0 Å². The Kier molecular flexibility index (Phi) is 1.95. The lowest BCUT2D eigenvalue weighted by Crippen LogP contribution is -2.19. The zero-order valence-corrected chi connectivity index (χ0v) is 6.29. The topological polar surface area (TPSA) is 3.01 Å². The molecule has 0 bridgehead atoms. The maximum absolute atomic E-state index is 2.31. The van der Waals surface area contributed by atoms with Gasteiger partial charge in [-0.05, 0) is 0 Å². The minimum atomic E-state index is 1.25. The van der Waals surface area contributed by atoms with Crippen molar-refractivity contribution in [1.29, 1.82) is 0 Å². The van der Waals surface area contributed by atoms with E-state index in [9.17, 15) is 0 Å². The van der Waals surface area contributed by atoms with Crippen LogP contribution in [0.3, 0.4) is 0 Å². The third-order valence-electron chi connectivity index (χ3n) is 1.49. The van der Waals surface area contributed by atoms with Crippen molar-refractivity contribution < 1.29 is 4.58 Å². The molecule has 8 heavy (non-hydrogen) atoms. The predicted octanol–water partition coefficient (Wildman–Crippen LogP) is 1.18. The average Bonchev–Trinajstić information content (AvgIpc) is 1.77. The van der Waals surface area contributed by atoms with E-state index in [1.807, 2.05) is 11.8 Å². The lowest BCUT2D eigenvalue weighted by molar-refractivity contribution is -0.495. The molecule has 0 aromatic rings. The van der Waals surface area contributed by atoms with Crippen LogP contribution in [0, 0.1) is 0 Å². The summed E-state index contributed by atoms with van der Waals surface area (Å²) in [5.41, 5.74) is 0. The quantitative estimate of drug-likeness (QED) is 0.445. The summed E-state index contributed by atoms with van der Waals surface area (Å²) in [6, 6.07) is 0. The van der Waals surface area contributed by atoms with Crippen LogP contribution in [0.5, 0.6) is 0 Å². The maximum Gasteiger partial charge on any atom is 0.207 e. The third-order valence-corrected chi connectivity index (χ3v) is 2.71. The van der Waals surface area contributed by atoms with E-state index >= 15 is 0 Å². The summed E-state index contributed by atoms with van der Waals surface area (Å²) in [5.74, 6) is 1.32. The molecule has 0 atom stereocenters. The lowest BCUT2D eigenvalue weighted by atomic mass is 10.5. The van der Waals surface area contributed by atoms with Gasteiger partial charge >= 0.3 is 0 Å². The molecule has 0 aromatic carbocycles. The molecule has 0 fully saturated rings. The number of hydrogen-bond acceptors (Lipinski definition) is 1. The van der Waals surface area contributed by atoms with Gasteiger partial charge < -0.3 is 0 Å². The standard InChI is InChI=1S/C6H12NS/c1-6-7(2)4-3-5-8-6/h3-5H2,1-2H3/q+1. The number of hydrogen-bond donors (Lipinski definition) is 0. The molecule has 1 heterocycles. The Balaban J connectivity index is 2.60. The Morgan fingerprint density at radius 2 is 2.38 bits per heavy atom. The van der Waals surface area contributed by atoms with Gasteiger partial charge in [0.25, 0.3) is 0 Å². The van der Waals surface area contributed by atoms with Gasteiger partial charge in [0.05, 0.1) is 0 Å². The number of rotatable bonds is 0. The van der Waals surface area contributed by atoms with Crippen LogP contribution in [-0.2, 0) is 0 Å². The third kappa shape index (κ3) is 1.25. The first-order valence-corrected chi connectivity index (χ1v) is 3.97. The Morgan fingerprint density at radius 3 is 2.75 bits per heavy atom. The van der Waals surface area contributed by atoms with Crippen molar-refractivity contribution in [2.75, 3.05) is 19.3 Å². The second-order valence-electron chi connectivity index (χ2n) is 2.14. The van der Waals surface area contributed by atoms with Crippen LogP contribution in [0.4, 0.5) is 0 Å². The summed E-state index contributed by atoms with van der Waals surface area (Å²) in [5, 5.41) is 1.47. The SMILES string of the molecule is CC1=[N+](C)CCCS1. The molecule has 0 radical (unpaired) electrons. The largest absolute Gasteiger partial charge is 0.231 e. The van der Waals surface area contributed by atoms with Crippen LogP contribution in [-0.4, -0.2) is 29.0 Å². The first-order valence-electron chi connectivity index (χ1n) is 2.98. The highest BCUT2D eigenvalue weighted by Crippen LogP contribution is 2.09. The van der Waals surface area contributed by atoms with Gasteiger partial charge in [0.1, 0.15) is 13.6 Å². The summed E-state index contributed by atoms with van der Waals surface area (Å²) in [6.45, 7) is 3.43. The van der Waals surface area contributed by atoms with Crippen LogP contribution < -0.4 is 0 Å². The van der Waals surface area contributed by atoms with E-state index in [0.717, 1.165) is 0 Å². The highest BCUT2D eigenvalue weighted by molar-refractivity contribution is 8.13. The molecule has 0 amide bonds. The summed E-state index contributed by atoms with van der Waals surface area (Å²) in [4.78, 5) is 0. The second-order valence-corrected chi connectivity index (χ2v) is 3.43. The molecule has 1 rings (SSSR count). The van der Waals surface area contributed by atoms with Crippen molar-refractivity contribution in [3.63, 3.8) is 0 Å². The molecule has 1 aliphatic rings. The monoisotopic (exact) mass is 130 g/mol. The smallest absolute Gasteiger partial charge is 0.207 e. The predicted molar refractivity (Wildman–Crippen MR) is 38.8 cm³/mol. The molecule has 0 saturated carbocycles. The van der Waals surface area contributed by atoms with Crippen LogP contribution >= 0.6 is 11.8 Å². The fraction of sp³-hybridized carbons (Fsp3) is 0.833. The van der Waals surface area contributed by atoms with Crippen molar-refractivity contribution in [2.24, 2.45) is 0 Å². The maximum atomic E-state index is 2.31. The van der Waals surface area contributed by atoms with E-state index in [1.165, 1.54) is 23.8 Å². The van der Waals surface area contributed by atoms with Gasteiger partial charge in [0.2, 0.25) is 5.04 Å². The van der Waals surface area contributed by atoms with Gasteiger partial charge in [-0.2, -0.15) is 0 Å². The molecule has 0 aromatic heterocycles. The molecule has 0 N–H and O–H groups in total. The molecule has 1 nitrogen and oxygen atoms in total. The number of thioether (sulfide) groups is 1. The molecular weight excluding hydrogens is 118 g/mol. The highest BCUT2D eigenvalue weighted by atomic mass is 32.2. The molecular formula is C6H12NS+. The van der Waals surface area contributed by atoms with E-state index < -0.39 is 0 Å². The summed E-state index contributed by atoms with van der Waals surface area (Å²) >= 11 is 1.97. The van der Waals surface area contributed by atoms with E-state index in [1.54, 1.807) is 0 Å². The van der Waals surface area contributed by atoms with E-state index in [-0.39, 0.29) is 0 Å². The van der Waals surface area contributed by atoms with Gasteiger partial charge in [0, 0.05) is 19.1 Å². The molecule has 0 saturated heterocycles. The van der Waals surface area contributed by atoms with Gasteiger partial charge in [-0.25, -0.2) is 4.58 Å². The Morgan fingerprint density at radius 1 is 1.62 bits per heavy atom. The van der Waals surface area contributed by atoms with Gasteiger partial charge in [0.15, 0.2) is 0 Å². The van der Waals surface area contributed by atoms with Crippen LogP contribution in [0.1, 0.15) is 13.3 Å². The van der Waals surface area contributed by atoms with Crippen LogP contribution in [0.2, 0.25) is 0 Å². The molecule has 0 unspecified atom stereocenters. The van der Waals surface area contributed by atoms with Crippen molar-refractivity contribution in [3.8, 4) is 0 Å². The fourth-order valence-corrected chi connectivity index (χ4v) is 1.67. The van der Waals surface area contributed by atoms with E-state index in [0.29, 0.717) is 0 Å². The minimum absolute atomic E-state index is 1.25. The van der Waals surface area contributed by atoms with E-state index in [2.05, 4.69) is 18.5 Å². The molecule has 2 heteroatoms. The van der Waals surface area contributed by atoms with Gasteiger partial charge in [-0.3, -0.25) is 0 Å². The van der Waals surface area contributed by atoms with E-state index in [4.69, 9.17) is 0 Å². The fourth-order valence-electron chi connectivity index (χ4n) is 0.789. The lowest BCUT2D eigenvalue weighted by Gasteiger charge is -2.06. The summed E-state index contributed by atoms with van der Waals surface area (Å²) < 4.78 is 2.31. The first-order chi connectivity index (χ1) is 3.80. The average molecular weight is 130 g/mol. The van der Waals surface area contributed by atoms with Gasteiger partial charge in [-0.1, -0.05) is 11.8 Å². The molecule has 0 spiro atoms. The number of nitrogens with zero attached hydrogens (tertiary/aromatic N) is 1. The Hall–Kier alpha value is 0.0200. The summed E-state index contributed by atoms with van der Waals surface area (Å²) in [6.07, 6.45) is 1.35. The normalized spacial score (nSPS) is 21.8. The molecule has 46 valence electrons. The van der Waals surface area contributed by atoms with Crippen molar-refractivity contribution in [2.45, 2.75) is 13.3 Å². The molecule has 1 aliphatic heterocycles. The minimum Gasteiger partial charge on any atom is -0.231 e. The first kappa shape index (κ1) is 6.14. The van der Waals surface area contributed by atoms with Crippen molar-refractivity contribution in [1.82, 2.24) is 0 Å². The second kappa shape index (κ2) is 2.53. The van der Waals surface area contributed by atoms with Crippen molar-refractivity contribution >= 4 is 16.8 Å². The Labute approximate surface area is 54.8 Å². The van der Waals surface area contributed by atoms with Gasteiger partial charge in [-0.15, -0.1) is 0 Å². The molecule has 0 aliphatic carbocycles. The zero-order chi connectivity index (χ0) is 5.98. The summed E-state index contributed by atoms with van der Waals surface area (Å²) in [7, 11) is 2.15. The zero-order valence-electron chi connectivity index (χ0n) is 5.48. The van der Waals surface area contributed by atoms with Crippen molar-refractivity contribution in [3.05, 3.63) is 0 Å². The highest BCUT2D eigenvalue weighted by Gasteiger charge is 2.10. The Bertz CT molecular complexity index is 104.